The van der Waals surface area contributed by atoms with Crippen LogP contribution < -0.4 is 5.32 Å². The molecule has 6 nitrogen and oxygen atoms in total. The van der Waals surface area contributed by atoms with Crippen LogP contribution in [0.5, 0.6) is 0 Å². The quantitative estimate of drug-likeness (QED) is 0.365. The number of hydrogen-bond donors (Lipinski definition) is 1. The summed E-state index contributed by atoms with van der Waals surface area (Å²) in [5, 5.41) is 5.96. The predicted molar refractivity (Wildman–Crippen MR) is 124 cm³/mol. The summed E-state index contributed by atoms with van der Waals surface area (Å²) in [7, 11) is 1.47. The van der Waals surface area contributed by atoms with Crippen molar-refractivity contribution in [3.05, 3.63) is 69.1 Å². The molecule has 0 radical (unpaired) electrons. The fraction of sp³-hybridized carbons (Fsp3) is 0.174. The maximum atomic E-state index is 14.3. The summed E-state index contributed by atoms with van der Waals surface area (Å²) < 4.78 is 25.3. The molecule has 1 amide bonds. The number of halogens is 1. The molecule has 0 aliphatic carbocycles. The molecular formula is C23H19FN2O4S2. The fourth-order valence-electron chi connectivity index (χ4n) is 3.26. The minimum absolute atomic E-state index is 0.0560. The molecule has 0 spiro atoms. The third kappa shape index (κ3) is 4.69. The summed E-state index contributed by atoms with van der Waals surface area (Å²) in [6.45, 7) is 1.51. The molecule has 32 heavy (non-hydrogen) atoms. The molecule has 2 heterocycles. The lowest BCUT2D eigenvalue weighted by molar-refractivity contribution is -0.119. The Balaban J connectivity index is 1.44. The number of amides is 1. The summed E-state index contributed by atoms with van der Waals surface area (Å²) >= 11 is 2.66. The van der Waals surface area contributed by atoms with Crippen LogP contribution in [0.1, 0.15) is 20.2 Å². The van der Waals surface area contributed by atoms with Gasteiger partial charge in [-0.15, -0.1) is 22.7 Å². The Labute approximate surface area is 191 Å². The Hall–Kier alpha value is -3.14. The van der Waals surface area contributed by atoms with Crippen molar-refractivity contribution in [2.24, 2.45) is 0 Å². The van der Waals surface area contributed by atoms with Gasteiger partial charge in [0.1, 0.15) is 10.7 Å². The fourth-order valence-corrected chi connectivity index (χ4v) is 5.00. The normalized spacial score (nSPS) is 11.0. The molecule has 9 heteroatoms. The number of carbonyl (C=O) groups is 2. The molecule has 0 bridgehead atoms. The molecule has 4 rings (SSSR count). The molecule has 0 saturated heterocycles. The van der Waals surface area contributed by atoms with Gasteiger partial charge in [-0.2, -0.15) is 0 Å². The number of aryl methyl sites for hydroxylation is 1. The monoisotopic (exact) mass is 470 g/mol. The zero-order chi connectivity index (χ0) is 22.7. The lowest BCUT2D eigenvalue weighted by atomic mass is 10.1. The van der Waals surface area contributed by atoms with Crippen LogP contribution in [0.4, 0.5) is 10.1 Å². The second kappa shape index (κ2) is 9.56. The van der Waals surface area contributed by atoms with Gasteiger partial charge in [0, 0.05) is 39.4 Å². The summed E-state index contributed by atoms with van der Waals surface area (Å²) in [5.74, 6) is -1.61. The number of aromatic nitrogens is 1. The van der Waals surface area contributed by atoms with Crippen LogP contribution in [0.15, 0.2) is 47.8 Å². The highest BCUT2D eigenvalue weighted by Crippen LogP contribution is 2.34. The van der Waals surface area contributed by atoms with E-state index in [4.69, 9.17) is 9.47 Å². The van der Waals surface area contributed by atoms with E-state index in [0.717, 1.165) is 27.6 Å². The first-order valence-corrected chi connectivity index (χ1v) is 11.3. The average Bonchev–Trinajstić information content (AvgIpc) is 3.37. The van der Waals surface area contributed by atoms with Crippen LogP contribution in [0.25, 0.3) is 21.3 Å². The van der Waals surface area contributed by atoms with Crippen LogP contribution >= 0.6 is 22.7 Å². The van der Waals surface area contributed by atoms with E-state index in [1.54, 1.807) is 35.6 Å². The SMILES string of the molecule is COCc1c(C(=O)OCC(=O)Nc2cccc(-c3csc(C)n3)c2)sc2cccc(F)c12. The number of nitrogens with one attached hydrogen (secondary N) is 1. The second-order valence-corrected chi connectivity index (χ2v) is 9.03. The zero-order valence-corrected chi connectivity index (χ0v) is 18.9. The molecule has 0 saturated carbocycles. The summed E-state index contributed by atoms with van der Waals surface area (Å²) in [4.78, 5) is 29.7. The molecule has 4 aromatic rings. The van der Waals surface area contributed by atoms with Crippen molar-refractivity contribution in [3.8, 4) is 11.3 Å². The Kier molecular flexibility index (Phi) is 6.59. The standard InChI is InChI=1S/C23H19FN2O4S2/c1-13-25-18(12-31-13)14-5-3-6-15(9-14)26-20(27)11-30-23(28)22-16(10-29-2)21-17(24)7-4-8-19(21)32-22/h3-9,12H,10-11H2,1-2H3,(H,26,27). The van der Waals surface area contributed by atoms with Crippen molar-refractivity contribution in [1.29, 1.82) is 0 Å². The number of thiazole rings is 1. The van der Waals surface area contributed by atoms with Crippen molar-refractivity contribution >= 4 is 50.3 Å². The minimum atomic E-state index is -0.695. The molecule has 0 unspecified atom stereocenters. The van der Waals surface area contributed by atoms with E-state index in [-0.39, 0.29) is 11.5 Å². The van der Waals surface area contributed by atoms with Gasteiger partial charge < -0.3 is 14.8 Å². The van der Waals surface area contributed by atoms with E-state index in [1.807, 2.05) is 24.4 Å². The van der Waals surface area contributed by atoms with Crippen molar-refractivity contribution in [2.75, 3.05) is 19.0 Å². The van der Waals surface area contributed by atoms with Gasteiger partial charge in [0.05, 0.1) is 17.3 Å². The number of anilines is 1. The van der Waals surface area contributed by atoms with Gasteiger partial charge in [-0.3, -0.25) is 4.79 Å². The van der Waals surface area contributed by atoms with Gasteiger partial charge in [0.25, 0.3) is 5.91 Å². The van der Waals surface area contributed by atoms with Gasteiger partial charge in [-0.25, -0.2) is 14.2 Å². The Morgan fingerprint density at radius 1 is 1.19 bits per heavy atom. The number of nitrogens with zero attached hydrogens (tertiary/aromatic N) is 1. The minimum Gasteiger partial charge on any atom is -0.451 e. The molecule has 1 N–H and O–H groups in total. The van der Waals surface area contributed by atoms with Gasteiger partial charge in [0.2, 0.25) is 0 Å². The smallest absolute Gasteiger partial charge is 0.349 e. The van der Waals surface area contributed by atoms with Gasteiger partial charge >= 0.3 is 5.97 Å². The van der Waals surface area contributed by atoms with E-state index in [0.29, 0.717) is 21.3 Å². The first kappa shape index (κ1) is 22.1. The number of methoxy groups -OCH3 is 1. The number of carbonyl (C=O) groups excluding carboxylic acids is 2. The number of ether oxygens (including phenoxy) is 2. The highest BCUT2D eigenvalue weighted by atomic mass is 32.1. The number of thiophene rings is 1. The average molecular weight is 471 g/mol. The zero-order valence-electron chi connectivity index (χ0n) is 17.3. The van der Waals surface area contributed by atoms with Crippen LogP contribution in [-0.2, 0) is 20.9 Å². The Bertz CT molecular complexity index is 1300. The predicted octanol–water partition coefficient (Wildman–Crippen LogP) is 5.41. The van der Waals surface area contributed by atoms with Crippen LogP contribution in [0.3, 0.4) is 0 Å². The molecule has 0 fully saturated rings. The summed E-state index contributed by atoms with van der Waals surface area (Å²) in [6, 6.07) is 11.9. The van der Waals surface area contributed by atoms with E-state index < -0.39 is 24.3 Å². The maximum absolute atomic E-state index is 14.3. The van der Waals surface area contributed by atoms with E-state index in [9.17, 15) is 14.0 Å². The number of hydrogen-bond acceptors (Lipinski definition) is 7. The summed E-state index contributed by atoms with van der Waals surface area (Å²) in [6.07, 6.45) is 0. The molecule has 2 aromatic heterocycles. The first-order chi connectivity index (χ1) is 15.5. The van der Waals surface area contributed by atoms with Crippen LogP contribution in [-0.4, -0.2) is 30.6 Å². The molecule has 2 aromatic carbocycles. The Morgan fingerprint density at radius 2 is 2.00 bits per heavy atom. The topological polar surface area (TPSA) is 77.5 Å². The van der Waals surface area contributed by atoms with Crippen molar-refractivity contribution in [1.82, 2.24) is 4.98 Å². The number of rotatable bonds is 7. The number of esters is 1. The number of fused-ring (bicyclic) bond motifs is 1. The third-order valence-corrected chi connectivity index (χ3v) is 6.58. The molecular weight excluding hydrogens is 451 g/mol. The highest BCUT2D eigenvalue weighted by Gasteiger charge is 2.22. The molecule has 0 aliphatic heterocycles. The summed E-state index contributed by atoms with van der Waals surface area (Å²) in [5.41, 5.74) is 2.69. The largest absolute Gasteiger partial charge is 0.451 e. The molecule has 0 aliphatic rings. The van der Waals surface area contributed by atoms with Crippen molar-refractivity contribution in [3.63, 3.8) is 0 Å². The third-order valence-electron chi connectivity index (χ3n) is 4.63. The van der Waals surface area contributed by atoms with Crippen LogP contribution in [0.2, 0.25) is 0 Å². The highest BCUT2D eigenvalue weighted by molar-refractivity contribution is 7.21. The van der Waals surface area contributed by atoms with Gasteiger partial charge in [0.15, 0.2) is 6.61 Å². The van der Waals surface area contributed by atoms with E-state index >= 15 is 0 Å². The van der Waals surface area contributed by atoms with Crippen molar-refractivity contribution in [2.45, 2.75) is 13.5 Å². The van der Waals surface area contributed by atoms with Gasteiger partial charge in [-0.1, -0.05) is 18.2 Å². The molecule has 0 atom stereocenters. The van der Waals surface area contributed by atoms with E-state index in [1.165, 1.54) is 13.2 Å². The van der Waals surface area contributed by atoms with Crippen molar-refractivity contribution < 1.29 is 23.5 Å². The first-order valence-electron chi connectivity index (χ1n) is 9.64. The maximum Gasteiger partial charge on any atom is 0.349 e. The number of benzene rings is 2. The lowest BCUT2D eigenvalue weighted by Crippen LogP contribution is -2.21. The Morgan fingerprint density at radius 3 is 2.75 bits per heavy atom. The van der Waals surface area contributed by atoms with E-state index in [2.05, 4.69) is 10.3 Å². The lowest BCUT2D eigenvalue weighted by Gasteiger charge is -2.08. The molecule has 164 valence electrons. The van der Waals surface area contributed by atoms with Crippen LogP contribution in [0, 0.1) is 12.7 Å². The second-order valence-electron chi connectivity index (χ2n) is 6.91. The van der Waals surface area contributed by atoms with Gasteiger partial charge in [-0.05, 0) is 31.2 Å².